The van der Waals surface area contributed by atoms with Crippen LogP contribution in [0.15, 0.2) is 36.4 Å². The van der Waals surface area contributed by atoms with Crippen LogP contribution >= 0.6 is 0 Å². The van der Waals surface area contributed by atoms with E-state index in [0.29, 0.717) is 24.2 Å². The zero-order valence-corrected chi connectivity index (χ0v) is 11.9. The molecule has 0 radical (unpaired) electrons. The van der Waals surface area contributed by atoms with Gasteiger partial charge >= 0.3 is 0 Å². The predicted molar refractivity (Wildman–Crippen MR) is 80.4 cm³/mol. The summed E-state index contributed by atoms with van der Waals surface area (Å²) in [5.41, 5.74) is 9.95. The number of fused-ring (bicyclic) bond motifs is 1. The van der Waals surface area contributed by atoms with Crippen LogP contribution in [0.2, 0.25) is 0 Å². The summed E-state index contributed by atoms with van der Waals surface area (Å²) in [4.78, 5) is 14.3. The molecule has 0 aromatic heterocycles. The maximum absolute atomic E-state index is 13.3. The minimum absolute atomic E-state index is 0.0768. The van der Waals surface area contributed by atoms with E-state index in [4.69, 9.17) is 5.73 Å². The average Bonchev–Trinajstić information content (AvgIpc) is 2.49. The van der Waals surface area contributed by atoms with Crippen molar-refractivity contribution in [3.05, 3.63) is 64.5 Å². The van der Waals surface area contributed by atoms with Gasteiger partial charge in [0.1, 0.15) is 5.82 Å². The Morgan fingerprint density at radius 1 is 1.29 bits per heavy atom. The molecule has 0 aliphatic carbocycles. The molecule has 21 heavy (non-hydrogen) atoms. The Bertz CT molecular complexity index is 712. The minimum atomic E-state index is -0.292. The van der Waals surface area contributed by atoms with Crippen LogP contribution in [-0.4, -0.2) is 17.4 Å². The van der Waals surface area contributed by atoms with E-state index in [2.05, 4.69) is 6.07 Å². The third-order valence-corrected chi connectivity index (χ3v) is 4.00. The number of halogens is 1. The highest BCUT2D eigenvalue weighted by Crippen LogP contribution is 2.25. The highest BCUT2D eigenvalue weighted by atomic mass is 19.1. The lowest BCUT2D eigenvalue weighted by Crippen LogP contribution is -2.36. The number of carbonyl (C=O) groups excluding carboxylic acids is 1. The van der Waals surface area contributed by atoms with E-state index in [0.717, 1.165) is 17.7 Å². The Morgan fingerprint density at radius 2 is 2.10 bits per heavy atom. The smallest absolute Gasteiger partial charge is 0.254 e. The van der Waals surface area contributed by atoms with Gasteiger partial charge in [-0.2, -0.15) is 0 Å². The number of aryl methyl sites for hydroxylation is 1. The Balaban J connectivity index is 1.87. The largest absolute Gasteiger partial charge is 0.398 e. The first-order chi connectivity index (χ1) is 10.1. The quantitative estimate of drug-likeness (QED) is 0.818. The van der Waals surface area contributed by atoms with Crippen LogP contribution in [0.25, 0.3) is 0 Å². The van der Waals surface area contributed by atoms with Gasteiger partial charge in [0.2, 0.25) is 0 Å². The molecule has 108 valence electrons. The van der Waals surface area contributed by atoms with Crippen molar-refractivity contribution in [3.8, 4) is 0 Å². The second-order valence-corrected chi connectivity index (χ2v) is 5.43. The van der Waals surface area contributed by atoms with Crippen molar-refractivity contribution in [1.82, 2.24) is 4.90 Å². The summed E-state index contributed by atoms with van der Waals surface area (Å²) in [7, 11) is 0. The van der Waals surface area contributed by atoms with Crippen molar-refractivity contribution in [3.63, 3.8) is 0 Å². The molecule has 0 saturated carbocycles. The van der Waals surface area contributed by atoms with Gasteiger partial charge in [0.15, 0.2) is 0 Å². The van der Waals surface area contributed by atoms with Crippen LogP contribution in [0, 0.1) is 12.7 Å². The van der Waals surface area contributed by atoms with Crippen molar-refractivity contribution in [1.29, 1.82) is 0 Å². The Hall–Kier alpha value is -2.36. The Kier molecular flexibility index (Phi) is 3.37. The van der Waals surface area contributed by atoms with Gasteiger partial charge in [-0.1, -0.05) is 12.1 Å². The van der Waals surface area contributed by atoms with Crippen LogP contribution in [0.4, 0.5) is 10.1 Å². The number of rotatable bonds is 1. The van der Waals surface area contributed by atoms with Crippen LogP contribution in [0.1, 0.15) is 27.0 Å². The molecule has 3 rings (SSSR count). The van der Waals surface area contributed by atoms with E-state index in [1.54, 1.807) is 17.9 Å². The van der Waals surface area contributed by atoms with Gasteiger partial charge in [-0.15, -0.1) is 0 Å². The fourth-order valence-corrected chi connectivity index (χ4v) is 2.74. The van der Waals surface area contributed by atoms with E-state index in [1.807, 2.05) is 12.1 Å². The summed E-state index contributed by atoms with van der Waals surface area (Å²) in [6.07, 6.45) is 0.798. The van der Waals surface area contributed by atoms with Crippen LogP contribution < -0.4 is 5.73 Å². The van der Waals surface area contributed by atoms with Crippen molar-refractivity contribution in [2.75, 3.05) is 12.3 Å². The van der Waals surface area contributed by atoms with Crippen molar-refractivity contribution in [2.45, 2.75) is 19.9 Å². The third-order valence-electron chi connectivity index (χ3n) is 4.00. The first-order valence-corrected chi connectivity index (χ1v) is 6.98. The molecule has 1 aliphatic rings. The summed E-state index contributed by atoms with van der Waals surface area (Å²) < 4.78 is 13.3. The number of nitrogens with two attached hydrogens (primary N) is 1. The van der Waals surface area contributed by atoms with Crippen molar-refractivity contribution in [2.24, 2.45) is 0 Å². The van der Waals surface area contributed by atoms with Crippen molar-refractivity contribution >= 4 is 11.6 Å². The van der Waals surface area contributed by atoms with E-state index in [-0.39, 0.29) is 11.7 Å². The number of anilines is 1. The number of hydrogen-bond acceptors (Lipinski definition) is 2. The second-order valence-electron chi connectivity index (χ2n) is 5.43. The molecule has 0 fully saturated rings. The van der Waals surface area contributed by atoms with Gasteiger partial charge in [0.25, 0.3) is 5.91 Å². The molecular weight excluding hydrogens is 267 g/mol. The van der Waals surface area contributed by atoms with E-state index < -0.39 is 0 Å². The van der Waals surface area contributed by atoms with Gasteiger partial charge in [-0.25, -0.2) is 4.39 Å². The van der Waals surface area contributed by atoms with Gasteiger partial charge in [0, 0.05) is 24.3 Å². The zero-order valence-electron chi connectivity index (χ0n) is 11.9. The summed E-state index contributed by atoms with van der Waals surface area (Å²) in [5, 5.41) is 0. The Labute approximate surface area is 123 Å². The van der Waals surface area contributed by atoms with Gasteiger partial charge in [-0.3, -0.25) is 4.79 Å². The standard InChI is InChI=1S/C17H17FN2O/c1-11-9-13(5-6-15(11)18)17(21)20-8-7-12-3-2-4-16(19)14(12)10-20/h2-6,9H,7-8,10,19H2,1H3. The summed E-state index contributed by atoms with van der Waals surface area (Å²) in [5.74, 6) is -0.369. The molecule has 1 aliphatic heterocycles. The van der Waals surface area contributed by atoms with Gasteiger partial charge in [-0.05, 0) is 54.3 Å². The summed E-state index contributed by atoms with van der Waals surface area (Å²) >= 11 is 0. The second kappa shape index (κ2) is 5.20. The highest BCUT2D eigenvalue weighted by Gasteiger charge is 2.23. The zero-order chi connectivity index (χ0) is 15.0. The van der Waals surface area contributed by atoms with Crippen LogP contribution in [0.5, 0.6) is 0 Å². The fourth-order valence-electron chi connectivity index (χ4n) is 2.74. The first-order valence-electron chi connectivity index (χ1n) is 6.98. The summed E-state index contributed by atoms with van der Waals surface area (Å²) in [6.45, 7) is 2.83. The van der Waals surface area contributed by atoms with Gasteiger partial charge in [0.05, 0.1) is 0 Å². The number of hydrogen-bond donors (Lipinski definition) is 1. The number of benzene rings is 2. The molecule has 2 N–H and O–H groups in total. The number of nitrogens with zero attached hydrogens (tertiary/aromatic N) is 1. The minimum Gasteiger partial charge on any atom is -0.398 e. The number of nitrogen functional groups attached to an aromatic ring is 1. The lowest BCUT2D eigenvalue weighted by atomic mass is 9.97. The molecule has 1 heterocycles. The SMILES string of the molecule is Cc1cc(C(=O)N2CCc3cccc(N)c3C2)ccc1F. The molecule has 0 spiro atoms. The molecule has 2 aromatic rings. The number of carbonyl (C=O) groups is 1. The topological polar surface area (TPSA) is 46.3 Å². The lowest BCUT2D eigenvalue weighted by molar-refractivity contribution is 0.0735. The molecular formula is C17H17FN2O. The van der Waals surface area contributed by atoms with E-state index in [1.165, 1.54) is 17.7 Å². The third kappa shape index (κ3) is 2.49. The highest BCUT2D eigenvalue weighted by molar-refractivity contribution is 5.94. The monoisotopic (exact) mass is 284 g/mol. The normalized spacial score (nSPS) is 13.9. The molecule has 4 heteroatoms. The summed E-state index contributed by atoms with van der Waals surface area (Å²) in [6, 6.07) is 10.3. The van der Waals surface area contributed by atoms with Gasteiger partial charge < -0.3 is 10.6 Å². The molecule has 2 aromatic carbocycles. The molecule has 0 bridgehead atoms. The van der Waals surface area contributed by atoms with E-state index >= 15 is 0 Å². The lowest BCUT2D eigenvalue weighted by Gasteiger charge is -2.30. The molecule has 0 unspecified atom stereocenters. The molecule has 0 saturated heterocycles. The number of amides is 1. The molecule has 3 nitrogen and oxygen atoms in total. The molecule has 1 amide bonds. The van der Waals surface area contributed by atoms with E-state index in [9.17, 15) is 9.18 Å². The average molecular weight is 284 g/mol. The van der Waals surface area contributed by atoms with Crippen LogP contribution in [0.3, 0.4) is 0 Å². The first kappa shape index (κ1) is 13.6. The fraction of sp³-hybridized carbons (Fsp3) is 0.235. The maximum Gasteiger partial charge on any atom is 0.254 e. The van der Waals surface area contributed by atoms with Crippen LogP contribution in [-0.2, 0) is 13.0 Å². The Morgan fingerprint density at radius 3 is 2.86 bits per heavy atom. The maximum atomic E-state index is 13.3. The van der Waals surface area contributed by atoms with Crippen molar-refractivity contribution < 1.29 is 9.18 Å². The molecule has 0 atom stereocenters. The predicted octanol–water partition coefficient (Wildman–Crippen LogP) is 2.91.